The molecular formula is C16H18N2O3S. The van der Waals surface area contributed by atoms with Gasteiger partial charge in [-0.25, -0.2) is 8.42 Å². The zero-order chi connectivity index (χ0) is 16.3. The molecule has 0 aliphatic carbocycles. The molecule has 0 fully saturated rings. The molecule has 6 heteroatoms. The van der Waals surface area contributed by atoms with E-state index in [1.165, 1.54) is 24.3 Å². The molecule has 0 radical (unpaired) electrons. The summed E-state index contributed by atoms with van der Waals surface area (Å²) in [5.41, 5.74) is 2.13. The van der Waals surface area contributed by atoms with Crippen molar-refractivity contribution in [2.75, 3.05) is 30.6 Å². The lowest BCUT2D eigenvalue weighted by molar-refractivity contribution is 0.102. The van der Waals surface area contributed by atoms with E-state index in [0.717, 1.165) is 11.9 Å². The van der Waals surface area contributed by atoms with Crippen molar-refractivity contribution in [1.29, 1.82) is 0 Å². The second-order valence-electron chi connectivity index (χ2n) is 5.19. The molecule has 0 spiro atoms. The van der Waals surface area contributed by atoms with Crippen LogP contribution >= 0.6 is 0 Å². The molecule has 0 atom stereocenters. The van der Waals surface area contributed by atoms with Gasteiger partial charge in [0.1, 0.15) is 0 Å². The van der Waals surface area contributed by atoms with Crippen molar-refractivity contribution in [3.8, 4) is 0 Å². The maximum Gasteiger partial charge on any atom is 0.255 e. The van der Waals surface area contributed by atoms with Gasteiger partial charge in [0.25, 0.3) is 5.91 Å². The van der Waals surface area contributed by atoms with Crippen molar-refractivity contribution in [3.05, 3.63) is 54.1 Å². The molecular weight excluding hydrogens is 300 g/mol. The molecule has 5 nitrogen and oxygen atoms in total. The van der Waals surface area contributed by atoms with E-state index in [0.29, 0.717) is 11.3 Å². The molecule has 22 heavy (non-hydrogen) atoms. The summed E-state index contributed by atoms with van der Waals surface area (Å²) in [5.74, 6) is -0.280. The van der Waals surface area contributed by atoms with Crippen molar-refractivity contribution < 1.29 is 13.2 Å². The normalized spacial score (nSPS) is 11.0. The van der Waals surface area contributed by atoms with Gasteiger partial charge in [0, 0.05) is 37.3 Å². The van der Waals surface area contributed by atoms with Gasteiger partial charge >= 0.3 is 0 Å². The molecule has 0 heterocycles. The summed E-state index contributed by atoms with van der Waals surface area (Å²) < 4.78 is 22.8. The first-order chi connectivity index (χ1) is 10.3. The average Bonchev–Trinajstić information content (AvgIpc) is 2.47. The highest BCUT2D eigenvalue weighted by Gasteiger charge is 2.10. The van der Waals surface area contributed by atoms with E-state index in [4.69, 9.17) is 0 Å². The zero-order valence-corrected chi connectivity index (χ0v) is 13.5. The van der Waals surface area contributed by atoms with Crippen molar-refractivity contribution in [2.45, 2.75) is 4.90 Å². The molecule has 0 saturated carbocycles. The Labute approximate surface area is 130 Å². The number of nitrogens with zero attached hydrogens (tertiary/aromatic N) is 1. The molecule has 2 aromatic carbocycles. The molecule has 116 valence electrons. The van der Waals surface area contributed by atoms with Crippen molar-refractivity contribution >= 4 is 27.1 Å². The summed E-state index contributed by atoms with van der Waals surface area (Å²) in [6.07, 6.45) is 1.13. The molecule has 0 aromatic heterocycles. The van der Waals surface area contributed by atoms with Crippen LogP contribution in [0.2, 0.25) is 0 Å². The fourth-order valence-electron chi connectivity index (χ4n) is 1.90. The Hall–Kier alpha value is -2.34. The largest absolute Gasteiger partial charge is 0.378 e. The quantitative estimate of drug-likeness (QED) is 0.940. The van der Waals surface area contributed by atoms with Gasteiger partial charge < -0.3 is 10.2 Å². The minimum atomic E-state index is -3.25. The number of hydrogen-bond donors (Lipinski definition) is 1. The maximum atomic E-state index is 12.1. The van der Waals surface area contributed by atoms with Gasteiger partial charge in [0.05, 0.1) is 4.90 Å². The number of sulfone groups is 1. The number of amides is 1. The second-order valence-corrected chi connectivity index (χ2v) is 7.21. The maximum absolute atomic E-state index is 12.1. The lowest BCUT2D eigenvalue weighted by Crippen LogP contribution is -2.13. The van der Waals surface area contributed by atoms with Crippen LogP contribution in [0.5, 0.6) is 0 Å². The van der Waals surface area contributed by atoms with Gasteiger partial charge in [0.2, 0.25) is 0 Å². The Kier molecular flexibility index (Phi) is 4.51. The summed E-state index contributed by atoms with van der Waals surface area (Å²) in [5, 5.41) is 2.78. The van der Waals surface area contributed by atoms with Gasteiger partial charge in [-0.3, -0.25) is 4.79 Å². The third-order valence-electron chi connectivity index (χ3n) is 3.19. The minimum absolute atomic E-state index is 0.194. The predicted octanol–water partition coefficient (Wildman–Crippen LogP) is 2.41. The molecule has 0 aliphatic heterocycles. The monoisotopic (exact) mass is 318 g/mol. The van der Waals surface area contributed by atoms with E-state index >= 15 is 0 Å². The third kappa shape index (κ3) is 3.85. The first-order valence-corrected chi connectivity index (χ1v) is 8.55. The summed E-state index contributed by atoms with van der Waals surface area (Å²) in [6, 6.07) is 13.3. The van der Waals surface area contributed by atoms with Crippen LogP contribution in [0, 0.1) is 0 Å². The second kappa shape index (κ2) is 6.19. The van der Waals surface area contributed by atoms with Crippen LogP contribution in [0.25, 0.3) is 0 Å². The lowest BCUT2D eigenvalue weighted by atomic mass is 10.2. The predicted molar refractivity (Wildman–Crippen MR) is 88.3 cm³/mol. The molecule has 1 amide bonds. The van der Waals surface area contributed by atoms with Crippen molar-refractivity contribution in [1.82, 2.24) is 0 Å². The summed E-state index contributed by atoms with van der Waals surface area (Å²) >= 11 is 0. The number of benzene rings is 2. The van der Waals surface area contributed by atoms with Gasteiger partial charge in [-0.05, 0) is 48.5 Å². The summed E-state index contributed by atoms with van der Waals surface area (Å²) in [6.45, 7) is 0. The molecule has 0 aliphatic rings. The van der Waals surface area contributed by atoms with Gasteiger partial charge in [-0.1, -0.05) is 0 Å². The van der Waals surface area contributed by atoms with Crippen LogP contribution in [0.4, 0.5) is 11.4 Å². The smallest absolute Gasteiger partial charge is 0.255 e. The van der Waals surface area contributed by atoms with E-state index in [2.05, 4.69) is 5.32 Å². The van der Waals surface area contributed by atoms with Crippen LogP contribution in [0.15, 0.2) is 53.4 Å². The SMILES string of the molecule is CN(C)c1ccc(NC(=O)c2ccc(S(C)(=O)=O)cc2)cc1. The number of hydrogen-bond acceptors (Lipinski definition) is 4. The Morgan fingerprint density at radius 1 is 0.955 bits per heavy atom. The lowest BCUT2D eigenvalue weighted by Gasteiger charge is -2.13. The number of carbonyl (C=O) groups excluding carboxylic acids is 1. The highest BCUT2D eigenvalue weighted by molar-refractivity contribution is 7.90. The average molecular weight is 318 g/mol. The Morgan fingerprint density at radius 2 is 1.50 bits per heavy atom. The molecule has 2 rings (SSSR count). The summed E-state index contributed by atoms with van der Waals surface area (Å²) in [4.78, 5) is 14.3. The van der Waals surface area contributed by atoms with Crippen LogP contribution < -0.4 is 10.2 Å². The van der Waals surface area contributed by atoms with E-state index in [9.17, 15) is 13.2 Å². The number of anilines is 2. The van der Waals surface area contributed by atoms with Gasteiger partial charge in [-0.15, -0.1) is 0 Å². The van der Waals surface area contributed by atoms with E-state index in [1.54, 1.807) is 0 Å². The first kappa shape index (κ1) is 16.0. The van der Waals surface area contributed by atoms with Crippen molar-refractivity contribution in [2.24, 2.45) is 0 Å². The van der Waals surface area contributed by atoms with Crippen LogP contribution in [-0.2, 0) is 9.84 Å². The third-order valence-corrected chi connectivity index (χ3v) is 4.31. The summed E-state index contributed by atoms with van der Waals surface area (Å²) in [7, 11) is 0.629. The zero-order valence-electron chi connectivity index (χ0n) is 12.7. The first-order valence-electron chi connectivity index (χ1n) is 6.66. The molecule has 1 N–H and O–H groups in total. The molecule has 0 saturated heterocycles. The number of carbonyl (C=O) groups is 1. The van der Waals surface area contributed by atoms with E-state index in [1.807, 2.05) is 43.3 Å². The van der Waals surface area contributed by atoms with E-state index < -0.39 is 9.84 Å². The van der Waals surface area contributed by atoms with Crippen molar-refractivity contribution in [3.63, 3.8) is 0 Å². The molecule has 0 unspecified atom stereocenters. The fraction of sp³-hybridized carbons (Fsp3) is 0.188. The topological polar surface area (TPSA) is 66.5 Å². The molecule has 2 aromatic rings. The fourth-order valence-corrected chi connectivity index (χ4v) is 2.53. The number of rotatable bonds is 4. The standard InChI is InChI=1S/C16H18N2O3S/c1-18(2)14-8-6-13(7-9-14)17-16(19)12-4-10-15(11-5-12)22(3,20)21/h4-11H,1-3H3,(H,17,19). The van der Waals surface area contributed by atoms with Gasteiger partial charge in [-0.2, -0.15) is 0 Å². The Bertz CT molecular complexity index is 764. The Balaban J connectivity index is 2.12. The highest BCUT2D eigenvalue weighted by atomic mass is 32.2. The number of nitrogens with one attached hydrogen (secondary N) is 1. The van der Waals surface area contributed by atoms with Crippen LogP contribution in [-0.4, -0.2) is 34.7 Å². The van der Waals surface area contributed by atoms with E-state index in [-0.39, 0.29) is 10.8 Å². The van der Waals surface area contributed by atoms with Gasteiger partial charge in [0.15, 0.2) is 9.84 Å². The minimum Gasteiger partial charge on any atom is -0.378 e. The Morgan fingerprint density at radius 3 is 1.95 bits per heavy atom. The van der Waals surface area contributed by atoms with Crippen LogP contribution in [0.3, 0.4) is 0 Å². The highest BCUT2D eigenvalue weighted by Crippen LogP contribution is 2.17. The van der Waals surface area contributed by atoms with Crippen LogP contribution in [0.1, 0.15) is 10.4 Å². The molecule has 0 bridgehead atoms.